The first kappa shape index (κ1) is 16.4. The fourth-order valence-electron chi connectivity index (χ4n) is 1.63. The SMILES string of the molecule is CC(CC(=O)Cc1nc(C(C)(C)C)cs1)C(C)(C)C. The van der Waals surface area contributed by atoms with Crippen LogP contribution in [-0.4, -0.2) is 10.8 Å². The van der Waals surface area contributed by atoms with Gasteiger partial charge in [0, 0.05) is 17.2 Å². The first-order valence-corrected chi connectivity index (χ1v) is 7.84. The minimum atomic E-state index is 0.0660. The van der Waals surface area contributed by atoms with Crippen molar-refractivity contribution >= 4 is 17.1 Å². The van der Waals surface area contributed by atoms with Gasteiger partial charge in [0.05, 0.1) is 12.1 Å². The summed E-state index contributed by atoms with van der Waals surface area (Å²) < 4.78 is 0. The van der Waals surface area contributed by atoms with Gasteiger partial charge < -0.3 is 0 Å². The monoisotopic (exact) mass is 281 g/mol. The van der Waals surface area contributed by atoms with Crippen LogP contribution in [0.25, 0.3) is 0 Å². The maximum absolute atomic E-state index is 12.1. The highest BCUT2D eigenvalue weighted by atomic mass is 32.1. The van der Waals surface area contributed by atoms with Crippen LogP contribution >= 0.6 is 11.3 Å². The summed E-state index contributed by atoms with van der Waals surface area (Å²) in [6.45, 7) is 15.2. The van der Waals surface area contributed by atoms with E-state index in [4.69, 9.17) is 0 Å². The van der Waals surface area contributed by atoms with E-state index < -0.39 is 0 Å². The number of Topliss-reactive ketones (excluding diaryl/α,β-unsaturated/α-hetero) is 1. The molecule has 1 atom stereocenters. The first-order valence-electron chi connectivity index (χ1n) is 6.96. The molecule has 1 aromatic heterocycles. The Labute approximate surface area is 121 Å². The molecule has 0 aromatic carbocycles. The van der Waals surface area contributed by atoms with E-state index in [0.29, 0.717) is 24.5 Å². The largest absolute Gasteiger partial charge is 0.299 e. The van der Waals surface area contributed by atoms with E-state index in [1.165, 1.54) is 0 Å². The van der Waals surface area contributed by atoms with E-state index in [2.05, 4.69) is 58.8 Å². The molecule has 1 unspecified atom stereocenters. The molecule has 1 rings (SSSR count). The molecule has 0 bridgehead atoms. The number of nitrogens with zero attached hydrogens (tertiary/aromatic N) is 1. The third kappa shape index (κ3) is 5.06. The number of carbonyl (C=O) groups is 1. The van der Waals surface area contributed by atoms with E-state index in [0.717, 1.165) is 10.7 Å². The van der Waals surface area contributed by atoms with Crippen molar-refractivity contribution in [2.24, 2.45) is 11.3 Å². The third-order valence-electron chi connectivity index (χ3n) is 3.68. The molecule has 0 amide bonds. The van der Waals surface area contributed by atoms with Crippen LogP contribution in [0.1, 0.15) is 65.6 Å². The third-order valence-corrected chi connectivity index (χ3v) is 4.53. The molecule has 0 fully saturated rings. The Morgan fingerprint density at radius 1 is 1.26 bits per heavy atom. The highest BCUT2D eigenvalue weighted by molar-refractivity contribution is 7.09. The number of carbonyl (C=O) groups excluding carboxylic acids is 1. The number of ketones is 1. The second-order valence-corrected chi connectivity index (χ2v) is 8.51. The number of rotatable bonds is 4. The summed E-state index contributed by atoms with van der Waals surface area (Å²) in [5, 5.41) is 3.03. The lowest BCUT2D eigenvalue weighted by Crippen LogP contribution is -2.21. The smallest absolute Gasteiger partial charge is 0.139 e. The zero-order valence-electron chi connectivity index (χ0n) is 13.3. The van der Waals surface area contributed by atoms with Gasteiger partial charge in [0.25, 0.3) is 0 Å². The minimum absolute atomic E-state index is 0.0660. The summed E-state index contributed by atoms with van der Waals surface area (Å²) in [6.07, 6.45) is 1.13. The topological polar surface area (TPSA) is 30.0 Å². The minimum Gasteiger partial charge on any atom is -0.299 e. The first-order chi connectivity index (χ1) is 8.50. The van der Waals surface area contributed by atoms with E-state index in [1.54, 1.807) is 11.3 Å². The molecule has 1 aromatic rings. The van der Waals surface area contributed by atoms with Gasteiger partial charge in [-0.05, 0) is 11.3 Å². The molecule has 0 saturated heterocycles. The Balaban J connectivity index is 2.61. The van der Waals surface area contributed by atoms with Crippen LogP contribution in [0.2, 0.25) is 0 Å². The van der Waals surface area contributed by atoms with E-state index in [9.17, 15) is 4.79 Å². The molecule has 2 nitrogen and oxygen atoms in total. The Morgan fingerprint density at radius 3 is 2.26 bits per heavy atom. The molecule has 0 spiro atoms. The Morgan fingerprint density at radius 2 is 1.84 bits per heavy atom. The van der Waals surface area contributed by atoms with Crippen LogP contribution in [-0.2, 0) is 16.6 Å². The maximum atomic E-state index is 12.1. The van der Waals surface area contributed by atoms with Crippen molar-refractivity contribution in [3.63, 3.8) is 0 Å². The van der Waals surface area contributed by atoms with Crippen molar-refractivity contribution in [2.75, 3.05) is 0 Å². The number of hydrogen-bond acceptors (Lipinski definition) is 3. The van der Waals surface area contributed by atoms with Gasteiger partial charge in [-0.25, -0.2) is 4.98 Å². The summed E-state index contributed by atoms with van der Waals surface area (Å²) >= 11 is 1.61. The second-order valence-electron chi connectivity index (χ2n) is 7.56. The van der Waals surface area contributed by atoms with Crippen molar-refractivity contribution in [3.05, 3.63) is 16.1 Å². The van der Waals surface area contributed by atoms with Crippen molar-refractivity contribution in [3.8, 4) is 0 Å². The number of thiazole rings is 1. The zero-order chi connectivity index (χ0) is 14.8. The van der Waals surface area contributed by atoms with Gasteiger partial charge in [0.2, 0.25) is 0 Å². The standard InChI is InChI=1S/C16H27NOS/c1-11(15(2,3)4)8-12(18)9-14-17-13(10-19-14)16(5,6)7/h10-11H,8-9H2,1-7H3. The zero-order valence-corrected chi connectivity index (χ0v) is 14.1. The molecule has 19 heavy (non-hydrogen) atoms. The molecule has 1 heterocycles. The summed E-state index contributed by atoms with van der Waals surface area (Å²) in [4.78, 5) is 16.7. The average Bonchev–Trinajstić information content (AvgIpc) is 2.63. The van der Waals surface area contributed by atoms with Gasteiger partial charge in [0.1, 0.15) is 10.8 Å². The molecule has 0 saturated carbocycles. The Kier molecular flexibility index (Phi) is 4.94. The van der Waals surface area contributed by atoms with Crippen LogP contribution in [0.15, 0.2) is 5.38 Å². The van der Waals surface area contributed by atoms with Crippen LogP contribution in [0.3, 0.4) is 0 Å². The second kappa shape index (κ2) is 5.74. The lowest BCUT2D eigenvalue weighted by atomic mass is 9.79. The average molecular weight is 281 g/mol. The number of aromatic nitrogens is 1. The Hall–Kier alpha value is -0.700. The van der Waals surface area contributed by atoms with Crippen LogP contribution in [0.5, 0.6) is 0 Å². The number of hydrogen-bond donors (Lipinski definition) is 0. The molecule has 0 N–H and O–H groups in total. The van der Waals surface area contributed by atoms with Crippen LogP contribution < -0.4 is 0 Å². The predicted molar refractivity (Wildman–Crippen MR) is 82.8 cm³/mol. The predicted octanol–water partition coefficient (Wildman–Crippen LogP) is 4.62. The summed E-state index contributed by atoms with van der Waals surface area (Å²) in [5.41, 5.74) is 1.34. The van der Waals surface area contributed by atoms with Gasteiger partial charge in [0.15, 0.2) is 0 Å². The lowest BCUT2D eigenvalue weighted by Gasteiger charge is -2.26. The molecule has 108 valence electrons. The highest BCUT2D eigenvalue weighted by Gasteiger charge is 2.23. The molecule has 0 aliphatic heterocycles. The van der Waals surface area contributed by atoms with Gasteiger partial charge in [-0.3, -0.25) is 4.79 Å². The van der Waals surface area contributed by atoms with E-state index in [1.807, 2.05) is 0 Å². The summed E-state index contributed by atoms with van der Waals surface area (Å²) in [6, 6.07) is 0. The molecule has 0 aliphatic carbocycles. The van der Waals surface area contributed by atoms with Crippen LogP contribution in [0.4, 0.5) is 0 Å². The molecule has 3 heteroatoms. The van der Waals surface area contributed by atoms with Gasteiger partial charge in [-0.1, -0.05) is 48.5 Å². The fraction of sp³-hybridized carbons (Fsp3) is 0.750. The van der Waals surface area contributed by atoms with Crippen molar-refractivity contribution in [1.82, 2.24) is 4.98 Å². The molecule has 0 aliphatic rings. The summed E-state index contributed by atoms with van der Waals surface area (Å²) in [7, 11) is 0. The fourth-order valence-corrected chi connectivity index (χ4v) is 2.67. The van der Waals surface area contributed by atoms with E-state index in [-0.39, 0.29) is 10.8 Å². The van der Waals surface area contributed by atoms with Gasteiger partial charge >= 0.3 is 0 Å². The van der Waals surface area contributed by atoms with Crippen LogP contribution in [0, 0.1) is 11.3 Å². The molecular weight excluding hydrogens is 254 g/mol. The summed E-state index contributed by atoms with van der Waals surface area (Å²) in [5.74, 6) is 0.708. The lowest BCUT2D eigenvalue weighted by molar-refractivity contribution is -0.120. The van der Waals surface area contributed by atoms with Gasteiger partial charge in [-0.2, -0.15) is 0 Å². The van der Waals surface area contributed by atoms with E-state index >= 15 is 0 Å². The van der Waals surface area contributed by atoms with Crippen molar-refractivity contribution < 1.29 is 4.79 Å². The van der Waals surface area contributed by atoms with Crippen molar-refractivity contribution in [2.45, 2.75) is 66.7 Å². The van der Waals surface area contributed by atoms with Gasteiger partial charge in [-0.15, -0.1) is 11.3 Å². The molecule has 0 radical (unpaired) electrons. The highest BCUT2D eigenvalue weighted by Crippen LogP contribution is 2.29. The molecular formula is C16H27NOS. The van der Waals surface area contributed by atoms with Crippen molar-refractivity contribution in [1.29, 1.82) is 0 Å². The maximum Gasteiger partial charge on any atom is 0.139 e. The Bertz CT molecular complexity index is 434. The quantitative estimate of drug-likeness (QED) is 0.805. The normalized spacial score (nSPS) is 14.5.